The van der Waals surface area contributed by atoms with Gasteiger partial charge in [0.2, 0.25) is 11.8 Å². The van der Waals surface area contributed by atoms with Crippen molar-refractivity contribution in [2.75, 3.05) is 0 Å². The third-order valence-corrected chi connectivity index (χ3v) is 2.38. The smallest absolute Gasteiger partial charge is 0.230 e. The summed E-state index contributed by atoms with van der Waals surface area (Å²) in [6.07, 6.45) is 8.47. The summed E-state index contributed by atoms with van der Waals surface area (Å²) < 4.78 is 0. The Balaban J connectivity index is 2.75. The summed E-state index contributed by atoms with van der Waals surface area (Å²) in [6, 6.07) is -0.333. The lowest BCUT2D eigenvalue weighted by molar-refractivity contribution is -0.149. The molecule has 1 rings (SSSR count). The van der Waals surface area contributed by atoms with Crippen LogP contribution in [0.15, 0.2) is 0 Å². The van der Waals surface area contributed by atoms with Crippen molar-refractivity contribution in [3.8, 4) is 12.3 Å². The summed E-state index contributed by atoms with van der Waals surface area (Å²) in [7, 11) is 0. The first-order valence-corrected chi connectivity index (χ1v) is 5.01. The number of hydrogen-bond acceptors (Lipinski definition) is 2. The Bertz CT molecular complexity index is 262. The molecule has 0 aromatic carbocycles. The van der Waals surface area contributed by atoms with Gasteiger partial charge in [-0.05, 0) is 12.8 Å². The van der Waals surface area contributed by atoms with Crippen LogP contribution in [0.25, 0.3) is 0 Å². The Kier molecular flexibility index (Phi) is 3.70. The van der Waals surface area contributed by atoms with Crippen LogP contribution in [0, 0.1) is 12.3 Å². The van der Waals surface area contributed by atoms with Gasteiger partial charge in [0.15, 0.2) is 0 Å². The first-order chi connectivity index (χ1) is 6.70. The number of terminal acetylenes is 1. The first kappa shape index (κ1) is 10.8. The second-order valence-corrected chi connectivity index (χ2v) is 3.48. The number of hydrogen-bond donors (Lipinski definition) is 0. The molecular weight excluding hydrogens is 178 g/mol. The molecule has 1 heterocycles. The van der Waals surface area contributed by atoms with Crippen LogP contribution in [0.4, 0.5) is 0 Å². The van der Waals surface area contributed by atoms with E-state index >= 15 is 0 Å². The lowest BCUT2D eigenvalue weighted by Crippen LogP contribution is -2.46. The molecule has 0 spiro atoms. The monoisotopic (exact) mass is 193 g/mol. The van der Waals surface area contributed by atoms with Crippen molar-refractivity contribution in [1.29, 1.82) is 0 Å². The summed E-state index contributed by atoms with van der Waals surface area (Å²) in [5, 5.41) is 0. The van der Waals surface area contributed by atoms with Gasteiger partial charge in [-0.15, -0.1) is 6.42 Å². The molecule has 0 bridgehead atoms. The summed E-state index contributed by atoms with van der Waals surface area (Å²) in [5.74, 6) is 2.29. The zero-order valence-electron chi connectivity index (χ0n) is 8.45. The average molecular weight is 193 g/mol. The number of nitrogens with zero attached hydrogens (tertiary/aromatic N) is 1. The Hall–Kier alpha value is -1.30. The van der Waals surface area contributed by atoms with E-state index in [-0.39, 0.29) is 17.9 Å². The van der Waals surface area contributed by atoms with Crippen LogP contribution in [-0.2, 0) is 9.59 Å². The zero-order valence-corrected chi connectivity index (χ0v) is 8.45. The summed E-state index contributed by atoms with van der Waals surface area (Å²) in [6.45, 7) is 1.99. The lowest BCUT2D eigenvalue weighted by Gasteiger charge is -2.29. The SMILES string of the molecule is C#CC(CCC)N1C(=O)CCCC1=O. The van der Waals surface area contributed by atoms with Crippen LogP contribution in [0.3, 0.4) is 0 Å². The Morgan fingerprint density at radius 1 is 1.43 bits per heavy atom. The highest BCUT2D eigenvalue weighted by Crippen LogP contribution is 2.17. The molecule has 0 saturated carbocycles. The fourth-order valence-corrected chi connectivity index (χ4v) is 1.68. The fraction of sp³-hybridized carbons (Fsp3) is 0.636. The maximum atomic E-state index is 11.5. The molecule has 0 aromatic heterocycles. The molecule has 0 aliphatic carbocycles. The van der Waals surface area contributed by atoms with Gasteiger partial charge in [-0.1, -0.05) is 19.3 Å². The molecule has 3 nitrogen and oxygen atoms in total. The van der Waals surface area contributed by atoms with Gasteiger partial charge in [-0.3, -0.25) is 14.5 Å². The molecule has 14 heavy (non-hydrogen) atoms. The number of carbonyl (C=O) groups excluding carboxylic acids is 2. The Morgan fingerprint density at radius 2 is 2.00 bits per heavy atom. The van der Waals surface area contributed by atoms with Gasteiger partial charge in [-0.25, -0.2) is 0 Å². The molecule has 1 aliphatic rings. The minimum Gasteiger partial charge on any atom is -0.274 e. The normalized spacial score (nSPS) is 19.3. The van der Waals surface area contributed by atoms with E-state index in [1.54, 1.807) is 0 Å². The van der Waals surface area contributed by atoms with Crippen LogP contribution in [-0.4, -0.2) is 22.8 Å². The molecule has 1 atom stereocenters. The number of likely N-dealkylation sites (tertiary alicyclic amines) is 1. The van der Waals surface area contributed by atoms with Crippen molar-refractivity contribution in [3.63, 3.8) is 0 Å². The molecule has 3 heteroatoms. The van der Waals surface area contributed by atoms with Gasteiger partial charge in [0.1, 0.15) is 6.04 Å². The minimum absolute atomic E-state index is 0.113. The van der Waals surface area contributed by atoms with Crippen LogP contribution >= 0.6 is 0 Å². The van der Waals surface area contributed by atoms with Crippen molar-refractivity contribution >= 4 is 11.8 Å². The Labute approximate surface area is 84.5 Å². The number of piperidine rings is 1. The number of imide groups is 1. The Morgan fingerprint density at radius 3 is 2.43 bits per heavy atom. The highest BCUT2D eigenvalue weighted by Gasteiger charge is 2.30. The van der Waals surface area contributed by atoms with Gasteiger partial charge < -0.3 is 0 Å². The van der Waals surface area contributed by atoms with Gasteiger partial charge in [0, 0.05) is 12.8 Å². The first-order valence-electron chi connectivity index (χ1n) is 5.01. The van der Waals surface area contributed by atoms with E-state index in [0.717, 1.165) is 6.42 Å². The van der Waals surface area contributed by atoms with Gasteiger partial charge in [0.05, 0.1) is 0 Å². The predicted octanol–water partition coefficient (Wildman–Crippen LogP) is 1.33. The third kappa shape index (κ3) is 2.14. The molecule has 1 saturated heterocycles. The third-order valence-electron chi connectivity index (χ3n) is 2.38. The summed E-state index contributed by atoms with van der Waals surface area (Å²) >= 11 is 0. The van der Waals surface area contributed by atoms with Crippen molar-refractivity contribution in [2.24, 2.45) is 0 Å². The second kappa shape index (κ2) is 4.80. The van der Waals surface area contributed by atoms with Gasteiger partial charge >= 0.3 is 0 Å². The van der Waals surface area contributed by atoms with Gasteiger partial charge in [0.25, 0.3) is 0 Å². The van der Waals surface area contributed by atoms with Crippen molar-refractivity contribution in [3.05, 3.63) is 0 Å². The number of carbonyl (C=O) groups is 2. The molecular formula is C11H15NO2. The van der Waals surface area contributed by atoms with E-state index in [1.165, 1.54) is 4.90 Å². The molecule has 2 amide bonds. The summed E-state index contributed by atoms with van der Waals surface area (Å²) in [4.78, 5) is 24.2. The molecule has 0 aromatic rings. The zero-order chi connectivity index (χ0) is 10.6. The highest BCUT2D eigenvalue weighted by atomic mass is 16.2. The molecule has 0 N–H and O–H groups in total. The van der Waals surface area contributed by atoms with Crippen LogP contribution in [0.5, 0.6) is 0 Å². The minimum atomic E-state index is -0.333. The van der Waals surface area contributed by atoms with Crippen LogP contribution in [0.2, 0.25) is 0 Å². The van der Waals surface area contributed by atoms with E-state index in [1.807, 2.05) is 6.92 Å². The molecule has 1 aliphatic heterocycles. The fourth-order valence-electron chi connectivity index (χ4n) is 1.68. The van der Waals surface area contributed by atoms with Crippen molar-refractivity contribution < 1.29 is 9.59 Å². The van der Waals surface area contributed by atoms with E-state index < -0.39 is 0 Å². The quantitative estimate of drug-likeness (QED) is 0.501. The number of amides is 2. The van der Waals surface area contributed by atoms with E-state index in [4.69, 9.17) is 6.42 Å². The standard InChI is InChI=1S/C11H15NO2/c1-3-6-9(4-2)12-10(13)7-5-8-11(12)14/h2,9H,3,5-8H2,1H3. The number of rotatable bonds is 3. The topological polar surface area (TPSA) is 37.4 Å². The predicted molar refractivity (Wildman–Crippen MR) is 53.2 cm³/mol. The van der Waals surface area contributed by atoms with E-state index in [9.17, 15) is 9.59 Å². The van der Waals surface area contributed by atoms with Crippen molar-refractivity contribution in [1.82, 2.24) is 4.90 Å². The molecule has 76 valence electrons. The summed E-state index contributed by atoms with van der Waals surface area (Å²) in [5.41, 5.74) is 0. The molecule has 1 unspecified atom stereocenters. The van der Waals surface area contributed by atoms with Crippen LogP contribution < -0.4 is 0 Å². The average Bonchev–Trinajstić information content (AvgIpc) is 2.16. The largest absolute Gasteiger partial charge is 0.274 e. The highest BCUT2D eigenvalue weighted by molar-refractivity contribution is 5.98. The van der Waals surface area contributed by atoms with Gasteiger partial charge in [-0.2, -0.15) is 0 Å². The van der Waals surface area contributed by atoms with E-state index in [2.05, 4.69) is 5.92 Å². The molecule has 1 fully saturated rings. The second-order valence-electron chi connectivity index (χ2n) is 3.48. The maximum absolute atomic E-state index is 11.5. The molecule has 0 radical (unpaired) electrons. The maximum Gasteiger partial charge on any atom is 0.230 e. The lowest BCUT2D eigenvalue weighted by atomic mass is 10.0. The van der Waals surface area contributed by atoms with E-state index in [0.29, 0.717) is 25.7 Å². The van der Waals surface area contributed by atoms with Crippen molar-refractivity contribution in [2.45, 2.75) is 45.1 Å². The van der Waals surface area contributed by atoms with Crippen LogP contribution in [0.1, 0.15) is 39.0 Å².